The van der Waals surface area contributed by atoms with Gasteiger partial charge in [0.2, 0.25) is 5.91 Å². The topological polar surface area (TPSA) is 42.0 Å². The molecule has 0 saturated heterocycles. The molecule has 1 amide bonds. The Labute approximate surface area is 90.2 Å². The lowest BCUT2D eigenvalue weighted by atomic mass is 10.1. The average Bonchev–Trinajstić information content (AvgIpc) is 2.26. The van der Waals surface area contributed by atoms with Crippen molar-refractivity contribution in [2.75, 3.05) is 0 Å². The molecule has 0 saturated carbocycles. The maximum atomic E-state index is 11.5. The van der Waals surface area contributed by atoms with E-state index in [0.717, 1.165) is 12.0 Å². The van der Waals surface area contributed by atoms with Crippen LogP contribution in [0.2, 0.25) is 0 Å². The number of rotatable bonds is 4. The molecule has 0 aliphatic carbocycles. The second-order valence-electron chi connectivity index (χ2n) is 3.50. The molecular weight excluding hydrogens is 188 g/mol. The number of nitrogens with zero attached hydrogens (tertiary/aromatic N) is 1. The molecule has 1 N–H and O–H groups in total. The van der Waals surface area contributed by atoms with Gasteiger partial charge in [-0.1, -0.05) is 13.5 Å². The van der Waals surface area contributed by atoms with Crippen LogP contribution in [-0.2, 0) is 4.79 Å². The Morgan fingerprint density at radius 2 is 2.13 bits per heavy atom. The highest BCUT2D eigenvalue weighted by molar-refractivity contribution is 5.92. The Hall–Kier alpha value is -1.64. The van der Waals surface area contributed by atoms with Gasteiger partial charge in [-0.05, 0) is 31.0 Å². The molecule has 3 nitrogen and oxygen atoms in total. The predicted octanol–water partition coefficient (Wildman–Crippen LogP) is 2.22. The van der Waals surface area contributed by atoms with Gasteiger partial charge >= 0.3 is 0 Å². The fourth-order valence-electron chi connectivity index (χ4n) is 1.30. The number of amides is 1. The summed E-state index contributed by atoms with van der Waals surface area (Å²) in [5, 5.41) is 2.92. The maximum Gasteiger partial charge on any atom is 0.246 e. The second kappa shape index (κ2) is 5.29. The van der Waals surface area contributed by atoms with Gasteiger partial charge in [-0.25, -0.2) is 0 Å². The van der Waals surface area contributed by atoms with Crippen molar-refractivity contribution in [2.24, 2.45) is 0 Å². The third-order valence-corrected chi connectivity index (χ3v) is 2.21. The molecular formula is C12H16N2O. The van der Waals surface area contributed by atoms with E-state index in [-0.39, 0.29) is 11.9 Å². The first-order valence-electron chi connectivity index (χ1n) is 5.01. The van der Waals surface area contributed by atoms with Gasteiger partial charge in [-0.15, -0.1) is 0 Å². The van der Waals surface area contributed by atoms with Crippen molar-refractivity contribution in [3.8, 4) is 0 Å². The van der Waals surface area contributed by atoms with E-state index in [2.05, 4.69) is 16.9 Å². The van der Waals surface area contributed by atoms with Crippen LogP contribution in [0.5, 0.6) is 0 Å². The summed E-state index contributed by atoms with van der Waals surface area (Å²) in [4.78, 5) is 15.4. The van der Waals surface area contributed by atoms with Gasteiger partial charge in [0.15, 0.2) is 0 Å². The summed E-state index contributed by atoms with van der Waals surface area (Å²) in [7, 11) is 0. The lowest BCUT2D eigenvalue weighted by Crippen LogP contribution is -2.28. The number of hydrogen-bond donors (Lipinski definition) is 1. The van der Waals surface area contributed by atoms with Crippen LogP contribution in [0, 0.1) is 0 Å². The van der Waals surface area contributed by atoms with Crippen LogP contribution in [0.15, 0.2) is 36.7 Å². The highest BCUT2D eigenvalue weighted by Crippen LogP contribution is 2.15. The third kappa shape index (κ3) is 3.20. The summed E-state index contributed by atoms with van der Waals surface area (Å²) in [6.07, 6.45) is 4.30. The van der Waals surface area contributed by atoms with Crippen LogP contribution >= 0.6 is 0 Å². The lowest BCUT2D eigenvalue weighted by Gasteiger charge is -2.17. The van der Waals surface area contributed by atoms with Crippen LogP contribution in [0.25, 0.3) is 0 Å². The van der Waals surface area contributed by atoms with Gasteiger partial charge in [0.25, 0.3) is 0 Å². The summed E-state index contributed by atoms with van der Waals surface area (Å²) >= 11 is 0. The first-order chi connectivity index (χ1) is 7.15. The van der Waals surface area contributed by atoms with Gasteiger partial charge in [-0.2, -0.15) is 0 Å². The molecule has 1 unspecified atom stereocenters. The summed E-state index contributed by atoms with van der Waals surface area (Å²) in [5.41, 5.74) is 1.60. The maximum absolute atomic E-state index is 11.5. The van der Waals surface area contributed by atoms with Crippen molar-refractivity contribution in [1.29, 1.82) is 0 Å². The highest BCUT2D eigenvalue weighted by Gasteiger charge is 2.12. The van der Waals surface area contributed by atoms with E-state index >= 15 is 0 Å². The normalized spacial score (nSPS) is 11.9. The first-order valence-corrected chi connectivity index (χ1v) is 5.01. The first kappa shape index (κ1) is 11.4. The lowest BCUT2D eigenvalue weighted by molar-refractivity contribution is -0.118. The second-order valence-corrected chi connectivity index (χ2v) is 3.50. The van der Waals surface area contributed by atoms with E-state index in [9.17, 15) is 4.79 Å². The fraction of sp³-hybridized carbons (Fsp3) is 0.333. The van der Waals surface area contributed by atoms with E-state index in [1.807, 2.05) is 19.1 Å². The number of nitrogens with one attached hydrogen (secondary N) is 1. The van der Waals surface area contributed by atoms with Gasteiger partial charge in [0.1, 0.15) is 0 Å². The quantitative estimate of drug-likeness (QED) is 0.764. The molecule has 1 atom stereocenters. The molecule has 0 bridgehead atoms. The summed E-state index contributed by atoms with van der Waals surface area (Å²) < 4.78 is 0. The number of aromatic nitrogens is 1. The molecule has 0 spiro atoms. The van der Waals surface area contributed by atoms with Crippen LogP contribution in [-0.4, -0.2) is 10.9 Å². The Morgan fingerprint density at radius 1 is 1.53 bits per heavy atom. The predicted molar refractivity (Wildman–Crippen MR) is 60.2 cm³/mol. The summed E-state index contributed by atoms with van der Waals surface area (Å²) in [6, 6.07) is 3.86. The minimum atomic E-state index is -0.0985. The van der Waals surface area contributed by atoms with Crippen LogP contribution in [0.4, 0.5) is 0 Å². The Bertz CT molecular complexity index is 346. The number of pyridine rings is 1. The largest absolute Gasteiger partial charge is 0.346 e. The molecule has 0 aliphatic heterocycles. The van der Waals surface area contributed by atoms with Crippen LogP contribution in [0.1, 0.15) is 31.9 Å². The van der Waals surface area contributed by atoms with Crippen LogP contribution < -0.4 is 5.32 Å². The standard InChI is InChI=1S/C12H16N2O/c1-4-11(14-12(15)9(2)3)10-5-7-13-8-6-10/h5-8,11H,2,4H2,1,3H3,(H,14,15). The van der Waals surface area contributed by atoms with E-state index in [1.165, 1.54) is 0 Å². The molecule has 0 aromatic carbocycles. The molecule has 0 fully saturated rings. The Kier molecular flexibility index (Phi) is 4.03. The number of carbonyl (C=O) groups is 1. The molecule has 1 rings (SSSR count). The van der Waals surface area contributed by atoms with Gasteiger partial charge in [0.05, 0.1) is 6.04 Å². The molecule has 0 aliphatic rings. The van der Waals surface area contributed by atoms with Crippen molar-refractivity contribution in [2.45, 2.75) is 26.3 Å². The smallest absolute Gasteiger partial charge is 0.246 e. The van der Waals surface area contributed by atoms with E-state index in [4.69, 9.17) is 0 Å². The zero-order chi connectivity index (χ0) is 11.3. The molecule has 0 radical (unpaired) electrons. The molecule has 15 heavy (non-hydrogen) atoms. The van der Waals surface area contributed by atoms with Gasteiger partial charge in [-0.3, -0.25) is 9.78 Å². The fourth-order valence-corrected chi connectivity index (χ4v) is 1.30. The zero-order valence-corrected chi connectivity index (χ0v) is 9.16. The van der Waals surface area contributed by atoms with Crippen molar-refractivity contribution >= 4 is 5.91 Å². The SMILES string of the molecule is C=C(C)C(=O)NC(CC)c1ccncc1. The van der Waals surface area contributed by atoms with Crippen LogP contribution in [0.3, 0.4) is 0 Å². The zero-order valence-electron chi connectivity index (χ0n) is 9.16. The molecule has 1 aromatic heterocycles. The van der Waals surface area contributed by atoms with Gasteiger partial charge < -0.3 is 5.32 Å². The number of carbonyl (C=O) groups excluding carboxylic acids is 1. The number of hydrogen-bond acceptors (Lipinski definition) is 2. The van der Waals surface area contributed by atoms with E-state index in [1.54, 1.807) is 19.3 Å². The minimum Gasteiger partial charge on any atom is -0.346 e. The van der Waals surface area contributed by atoms with Crippen molar-refractivity contribution in [1.82, 2.24) is 10.3 Å². The molecule has 80 valence electrons. The Balaban J connectivity index is 2.73. The minimum absolute atomic E-state index is 0.0391. The summed E-state index contributed by atoms with van der Waals surface area (Å²) in [5.74, 6) is -0.0985. The third-order valence-electron chi connectivity index (χ3n) is 2.21. The average molecular weight is 204 g/mol. The van der Waals surface area contributed by atoms with Crippen molar-refractivity contribution in [3.05, 3.63) is 42.2 Å². The Morgan fingerprint density at radius 3 is 2.60 bits per heavy atom. The molecule has 1 heterocycles. The van der Waals surface area contributed by atoms with Crippen molar-refractivity contribution < 1.29 is 4.79 Å². The van der Waals surface area contributed by atoms with Gasteiger partial charge in [0, 0.05) is 18.0 Å². The summed E-state index contributed by atoms with van der Waals surface area (Å²) in [6.45, 7) is 7.35. The van der Waals surface area contributed by atoms with Crippen molar-refractivity contribution in [3.63, 3.8) is 0 Å². The van der Waals surface area contributed by atoms with E-state index < -0.39 is 0 Å². The monoisotopic (exact) mass is 204 g/mol. The molecule has 3 heteroatoms. The van der Waals surface area contributed by atoms with E-state index in [0.29, 0.717) is 5.57 Å². The molecule has 1 aromatic rings. The highest BCUT2D eigenvalue weighted by atomic mass is 16.1.